The minimum absolute atomic E-state index is 0.0879. The molecule has 0 radical (unpaired) electrons. The van der Waals surface area contributed by atoms with Crippen LogP contribution in [0.4, 0.5) is 0 Å². The van der Waals surface area contributed by atoms with Crippen molar-refractivity contribution in [1.82, 2.24) is 10.6 Å². The molecule has 2 rings (SSSR count). The van der Waals surface area contributed by atoms with Gasteiger partial charge < -0.3 is 20.1 Å². The summed E-state index contributed by atoms with van der Waals surface area (Å²) in [4.78, 5) is 23.9. The molecule has 0 aliphatic carbocycles. The van der Waals surface area contributed by atoms with E-state index < -0.39 is 0 Å². The molecule has 2 aromatic carbocycles. The molecule has 7 heteroatoms. The molecule has 26 heavy (non-hydrogen) atoms. The van der Waals surface area contributed by atoms with Crippen molar-refractivity contribution < 1.29 is 19.1 Å². The van der Waals surface area contributed by atoms with E-state index in [4.69, 9.17) is 9.47 Å². The van der Waals surface area contributed by atoms with E-state index >= 15 is 0 Å². The van der Waals surface area contributed by atoms with E-state index in [1.807, 2.05) is 30.3 Å². The second-order valence-corrected chi connectivity index (χ2v) is 6.37. The molecule has 0 saturated heterocycles. The van der Waals surface area contributed by atoms with Crippen LogP contribution in [0.2, 0.25) is 0 Å². The van der Waals surface area contributed by atoms with Gasteiger partial charge in [-0.1, -0.05) is 34.1 Å². The summed E-state index contributed by atoms with van der Waals surface area (Å²) in [5, 5.41) is 5.37. The third-order valence-electron chi connectivity index (χ3n) is 3.44. The van der Waals surface area contributed by atoms with Gasteiger partial charge in [0.15, 0.2) is 0 Å². The first-order valence-corrected chi connectivity index (χ1v) is 8.89. The maximum absolute atomic E-state index is 12.0. The van der Waals surface area contributed by atoms with Gasteiger partial charge in [-0.25, -0.2) is 0 Å². The first-order valence-electron chi connectivity index (χ1n) is 8.09. The first kappa shape index (κ1) is 19.9. The van der Waals surface area contributed by atoms with E-state index in [2.05, 4.69) is 26.6 Å². The summed E-state index contributed by atoms with van der Waals surface area (Å²) in [5.74, 6) is 0.158. The van der Waals surface area contributed by atoms with E-state index in [-0.39, 0.29) is 18.4 Å². The molecule has 0 heterocycles. The Hall–Kier alpha value is -2.38. The number of carbonyl (C=O) groups is 2. The first-order chi connectivity index (χ1) is 12.6. The fourth-order valence-electron chi connectivity index (χ4n) is 2.14. The molecule has 2 amide bonds. The largest absolute Gasteiger partial charge is 0.491 e. The highest BCUT2D eigenvalue weighted by molar-refractivity contribution is 9.10. The number of rotatable bonds is 9. The lowest BCUT2D eigenvalue weighted by Gasteiger charge is -2.09. The van der Waals surface area contributed by atoms with Crippen LogP contribution < -0.4 is 15.4 Å². The highest BCUT2D eigenvalue weighted by Crippen LogP contribution is 2.13. The van der Waals surface area contributed by atoms with Gasteiger partial charge >= 0.3 is 0 Å². The third-order valence-corrected chi connectivity index (χ3v) is 3.93. The smallest absolute Gasteiger partial charge is 0.251 e. The maximum Gasteiger partial charge on any atom is 0.251 e. The molecule has 0 bridgehead atoms. The molecular weight excluding hydrogens is 400 g/mol. The Bertz CT molecular complexity index is 752. The molecule has 0 aliphatic rings. The number of ether oxygens (including phenoxy) is 2. The number of carbonyl (C=O) groups excluding carboxylic acids is 2. The van der Waals surface area contributed by atoms with Crippen LogP contribution in [0.3, 0.4) is 0 Å². The Morgan fingerprint density at radius 2 is 1.85 bits per heavy atom. The fourth-order valence-corrected chi connectivity index (χ4v) is 2.54. The highest BCUT2D eigenvalue weighted by Gasteiger charge is 2.08. The van der Waals surface area contributed by atoms with Crippen LogP contribution in [0.25, 0.3) is 0 Å². The van der Waals surface area contributed by atoms with Crippen LogP contribution in [0.15, 0.2) is 53.0 Å². The molecule has 0 saturated carbocycles. The summed E-state index contributed by atoms with van der Waals surface area (Å²) in [7, 11) is 1.62. The van der Waals surface area contributed by atoms with E-state index in [9.17, 15) is 9.59 Å². The molecule has 0 fully saturated rings. The van der Waals surface area contributed by atoms with Crippen molar-refractivity contribution in [2.75, 3.05) is 26.9 Å². The van der Waals surface area contributed by atoms with Crippen molar-refractivity contribution in [2.24, 2.45) is 0 Å². The monoisotopic (exact) mass is 420 g/mol. The van der Waals surface area contributed by atoms with Gasteiger partial charge in [0.1, 0.15) is 12.4 Å². The van der Waals surface area contributed by atoms with Crippen molar-refractivity contribution in [1.29, 1.82) is 0 Å². The maximum atomic E-state index is 12.0. The molecule has 0 aliphatic heterocycles. The van der Waals surface area contributed by atoms with Crippen molar-refractivity contribution in [3.05, 3.63) is 64.1 Å². The lowest BCUT2D eigenvalue weighted by Crippen LogP contribution is -2.36. The Labute approximate surface area is 161 Å². The Morgan fingerprint density at radius 1 is 1.04 bits per heavy atom. The predicted molar refractivity (Wildman–Crippen MR) is 102 cm³/mol. The topological polar surface area (TPSA) is 76.7 Å². The number of methoxy groups -OCH3 is 1. The lowest BCUT2D eigenvalue weighted by molar-refractivity contribution is -0.120. The highest BCUT2D eigenvalue weighted by atomic mass is 79.9. The number of amides is 2. The predicted octanol–water partition coefficient (Wildman–Crippen LogP) is 2.52. The fraction of sp³-hybridized carbons (Fsp3) is 0.263. The molecule has 2 aromatic rings. The van der Waals surface area contributed by atoms with Gasteiger partial charge in [0.25, 0.3) is 5.91 Å². The van der Waals surface area contributed by atoms with Gasteiger partial charge in [-0.15, -0.1) is 0 Å². The second kappa shape index (κ2) is 10.6. The number of nitrogens with one attached hydrogen (secondary N) is 2. The normalized spacial score (nSPS) is 10.2. The van der Waals surface area contributed by atoms with Crippen LogP contribution in [0.5, 0.6) is 5.75 Å². The molecular formula is C19H21BrN2O4. The van der Waals surface area contributed by atoms with Crippen LogP contribution in [-0.4, -0.2) is 38.7 Å². The Balaban J connectivity index is 1.76. The minimum atomic E-state index is -0.296. The van der Waals surface area contributed by atoms with E-state index in [1.165, 1.54) is 0 Å². The van der Waals surface area contributed by atoms with Crippen LogP contribution in [0, 0.1) is 0 Å². The Morgan fingerprint density at radius 3 is 2.62 bits per heavy atom. The zero-order chi connectivity index (χ0) is 18.8. The summed E-state index contributed by atoms with van der Waals surface area (Å²) >= 11 is 3.31. The molecule has 0 aromatic heterocycles. The summed E-state index contributed by atoms with van der Waals surface area (Å²) < 4.78 is 11.3. The van der Waals surface area contributed by atoms with Crippen molar-refractivity contribution in [2.45, 2.75) is 6.54 Å². The zero-order valence-corrected chi connectivity index (χ0v) is 16.0. The van der Waals surface area contributed by atoms with E-state index in [0.29, 0.717) is 25.3 Å². The molecule has 138 valence electrons. The van der Waals surface area contributed by atoms with Crippen molar-refractivity contribution >= 4 is 27.7 Å². The van der Waals surface area contributed by atoms with Crippen molar-refractivity contribution in [3.8, 4) is 5.75 Å². The average molecular weight is 421 g/mol. The Kier molecular flexibility index (Phi) is 8.11. The number of hydrogen-bond acceptors (Lipinski definition) is 4. The summed E-state index contributed by atoms with van der Waals surface area (Å²) in [6.45, 7) is 1.25. The molecule has 2 N–H and O–H groups in total. The van der Waals surface area contributed by atoms with E-state index in [1.54, 1.807) is 25.3 Å². The lowest BCUT2D eigenvalue weighted by atomic mass is 10.2. The minimum Gasteiger partial charge on any atom is -0.491 e. The van der Waals surface area contributed by atoms with Gasteiger partial charge in [0.2, 0.25) is 5.91 Å². The summed E-state index contributed by atoms with van der Waals surface area (Å²) in [6, 6.07) is 14.4. The standard InChI is InChI=1S/C19H21BrN2O4/c1-25-8-9-26-17-7-2-4-14(10-17)12-21-18(23)13-22-19(24)15-5-3-6-16(20)11-15/h2-7,10-11H,8-9,12-13H2,1H3,(H,21,23)(H,22,24). The van der Waals surface area contributed by atoms with Gasteiger partial charge in [0, 0.05) is 23.7 Å². The molecule has 0 atom stereocenters. The molecule has 0 unspecified atom stereocenters. The third kappa shape index (κ3) is 6.85. The number of benzene rings is 2. The van der Waals surface area contributed by atoms with Crippen molar-refractivity contribution in [3.63, 3.8) is 0 Å². The van der Waals surface area contributed by atoms with Crippen LogP contribution in [-0.2, 0) is 16.1 Å². The quantitative estimate of drug-likeness (QED) is 0.611. The zero-order valence-electron chi connectivity index (χ0n) is 14.5. The van der Waals surface area contributed by atoms with Gasteiger partial charge in [-0.3, -0.25) is 9.59 Å². The van der Waals surface area contributed by atoms with Gasteiger partial charge in [-0.05, 0) is 35.9 Å². The SMILES string of the molecule is COCCOc1cccc(CNC(=O)CNC(=O)c2cccc(Br)c2)c1. The number of hydrogen-bond donors (Lipinski definition) is 2. The number of halogens is 1. The molecule has 6 nitrogen and oxygen atoms in total. The van der Waals surface area contributed by atoms with Crippen LogP contribution in [0.1, 0.15) is 15.9 Å². The van der Waals surface area contributed by atoms with Gasteiger partial charge in [-0.2, -0.15) is 0 Å². The summed E-state index contributed by atoms with van der Waals surface area (Å²) in [6.07, 6.45) is 0. The van der Waals surface area contributed by atoms with Crippen LogP contribution >= 0.6 is 15.9 Å². The second-order valence-electron chi connectivity index (χ2n) is 5.46. The average Bonchev–Trinajstić information content (AvgIpc) is 2.65. The summed E-state index contributed by atoms with van der Waals surface area (Å²) in [5.41, 5.74) is 1.40. The van der Waals surface area contributed by atoms with Gasteiger partial charge in [0.05, 0.1) is 13.2 Å². The van der Waals surface area contributed by atoms with E-state index in [0.717, 1.165) is 15.8 Å². The molecule has 0 spiro atoms.